The molecule has 0 aliphatic carbocycles. The third-order valence-corrected chi connectivity index (χ3v) is 2.71. The zero-order valence-corrected chi connectivity index (χ0v) is 10.5. The summed E-state index contributed by atoms with van der Waals surface area (Å²) in [4.78, 5) is 20.6. The minimum atomic E-state index is -1.32. The fourth-order valence-corrected chi connectivity index (χ4v) is 1.73. The molecule has 0 unspecified atom stereocenters. The molecule has 1 aromatic carbocycles. The molecule has 102 valence electrons. The van der Waals surface area contributed by atoms with Crippen LogP contribution in [0.5, 0.6) is 0 Å². The summed E-state index contributed by atoms with van der Waals surface area (Å²) in [5.74, 6) is -0.561. The van der Waals surface area contributed by atoms with Gasteiger partial charge in [-0.2, -0.15) is 0 Å². The molecule has 0 bridgehead atoms. The zero-order valence-electron chi connectivity index (χ0n) is 10.5. The highest BCUT2D eigenvalue weighted by molar-refractivity contribution is 5.83. The molecule has 1 aromatic heterocycles. The van der Waals surface area contributed by atoms with E-state index in [-0.39, 0.29) is 5.69 Å². The van der Waals surface area contributed by atoms with Crippen molar-refractivity contribution in [3.8, 4) is 11.3 Å². The molecule has 0 fully saturated rings. The second-order valence-corrected chi connectivity index (χ2v) is 4.11. The number of furan rings is 1. The Bertz CT molecular complexity index is 699. The lowest BCUT2D eigenvalue weighted by atomic mass is 10.1. The van der Waals surface area contributed by atoms with E-state index in [9.17, 15) is 20.0 Å². The lowest BCUT2D eigenvalue weighted by Crippen LogP contribution is -2.18. The summed E-state index contributed by atoms with van der Waals surface area (Å²) in [6.07, 6.45) is 2.11. The molecule has 6 nitrogen and oxygen atoms in total. The van der Waals surface area contributed by atoms with E-state index in [0.717, 1.165) is 11.6 Å². The number of carboxylic acids is 1. The van der Waals surface area contributed by atoms with Crippen LogP contribution in [0.2, 0.25) is 0 Å². The molecule has 0 atom stereocenters. The summed E-state index contributed by atoms with van der Waals surface area (Å²) >= 11 is 0. The van der Waals surface area contributed by atoms with Gasteiger partial charge in [-0.25, -0.2) is 0 Å². The standard InChI is InChI=1S/C14H11NO5/c1-9-2-3-10(15(18)19)8-12(9)13-6-4-11(20-13)5-7-14(16)17/h2-8H,1H3,(H,16,17)/p-1/b7-5+. The zero-order chi connectivity index (χ0) is 14.7. The second kappa shape index (κ2) is 5.40. The van der Waals surface area contributed by atoms with E-state index < -0.39 is 10.9 Å². The molecule has 6 heteroatoms. The largest absolute Gasteiger partial charge is 0.545 e. The summed E-state index contributed by atoms with van der Waals surface area (Å²) in [5, 5.41) is 21.1. The van der Waals surface area contributed by atoms with Crippen LogP contribution in [0.3, 0.4) is 0 Å². The molecule has 0 amide bonds. The molecule has 0 aliphatic rings. The number of carboxylic acid groups (broad SMARTS) is 1. The first-order chi connectivity index (χ1) is 9.47. The van der Waals surface area contributed by atoms with Crippen LogP contribution in [0.25, 0.3) is 17.4 Å². The van der Waals surface area contributed by atoms with Crippen molar-refractivity contribution in [1.82, 2.24) is 0 Å². The molecule has 0 saturated heterocycles. The maximum absolute atomic E-state index is 10.8. The number of rotatable bonds is 4. The molecule has 2 rings (SSSR count). The van der Waals surface area contributed by atoms with Crippen molar-refractivity contribution in [3.05, 3.63) is 57.8 Å². The first-order valence-corrected chi connectivity index (χ1v) is 5.71. The summed E-state index contributed by atoms with van der Waals surface area (Å²) in [7, 11) is 0. The quantitative estimate of drug-likeness (QED) is 0.481. The van der Waals surface area contributed by atoms with Crippen molar-refractivity contribution in [2.24, 2.45) is 0 Å². The first-order valence-electron chi connectivity index (χ1n) is 5.71. The van der Waals surface area contributed by atoms with Crippen LogP contribution in [0, 0.1) is 17.0 Å². The van der Waals surface area contributed by atoms with E-state index in [2.05, 4.69) is 0 Å². The van der Waals surface area contributed by atoms with Crippen molar-refractivity contribution in [2.75, 3.05) is 0 Å². The average molecular weight is 272 g/mol. The van der Waals surface area contributed by atoms with Gasteiger partial charge in [0.2, 0.25) is 0 Å². The number of carbonyl (C=O) groups excluding carboxylic acids is 1. The van der Waals surface area contributed by atoms with E-state index >= 15 is 0 Å². The van der Waals surface area contributed by atoms with Crippen LogP contribution in [0.15, 0.2) is 40.8 Å². The average Bonchev–Trinajstić information content (AvgIpc) is 2.85. The number of aliphatic carboxylic acids is 1. The van der Waals surface area contributed by atoms with Gasteiger partial charge in [0, 0.05) is 17.7 Å². The number of nitro groups is 1. The Hall–Kier alpha value is -2.89. The van der Waals surface area contributed by atoms with Crippen molar-refractivity contribution in [1.29, 1.82) is 0 Å². The maximum Gasteiger partial charge on any atom is 0.270 e. The van der Waals surface area contributed by atoms with E-state index in [1.165, 1.54) is 18.2 Å². The SMILES string of the molecule is Cc1ccc([N+](=O)[O-])cc1-c1ccc(/C=C/C(=O)[O-])o1. The lowest BCUT2D eigenvalue weighted by Gasteiger charge is -2.02. The van der Waals surface area contributed by atoms with Crippen LogP contribution in [0.1, 0.15) is 11.3 Å². The Morgan fingerprint density at radius 2 is 2.05 bits per heavy atom. The van der Waals surface area contributed by atoms with Crippen molar-refractivity contribution < 1.29 is 19.2 Å². The van der Waals surface area contributed by atoms with E-state index in [4.69, 9.17) is 4.42 Å². The Morgan fingerprint density at radius 1 is 1.30 bits per heavy atom. The van der Waals surface area contributed by atoms with Crippen LogP contribution < -0.4 is 5.11 Å². The van der Waals surface area contributed by atoms with E-state index in [0.29, 0.717) is 17.1 Å². The normalized spacial score (nSPS) is 10.8. The number of aryl methyl sites for hydroxylation is 1. The predicted octanol–water partition coefficient (Wildman–Crippen LogP) is 1.93. The van der Waals surface area contributed by atoms with Crippen LogP contribution in [-0.4, -0.2) is 10.9 Å². The molecule has 0 spiro atoms. The van der Waals surface area contributed by atoms with Gasteiger partial charge in [-0.15, -0.1) is 0 Å². The van der Waals surface area contributed by atoms with Crippen LogP contribution in [0.4, 0.5) is 5.69 Å². The molecular formula is C14H10NO5-. The van der Waals surface area contributed by atoms with Gasteiger partial charge in [-0.3, -0.25) is 10.1 Å². The Morgan fingerprint density at radius 3 is 2.70 bits per heavy atom. The maximum atomic E-state index is 10.8. The molecule has 1 heterocycles. The summed E-state index contributed by atoms with van der Waals surface area (Å²) in [6.45, 7) is 1.80. The predicted molar refractivity (Wildman–Crippen MR) is 69.6 cm³/mol. The minimum absolute atomic E-state index is 0.0335. The van der Waals surface area contributed by atoms with Gasteiger partial charge in [0.15, 0.2) is 0 Å². The number of hydrogen-bond donors (Lipinski definition) is 0. The number of nitrogens with zero attached hydrogens (tertiary/aromatic N) is 1. The summed E-state index contributed by atoms with van der Waals surface area (Å²) < 4.78 is 5.44. The highest BCUT2D eigenvalue weighted by Crippen LogP contribution is 2.29. The second-order valence-electron chi connectivity index (χ2n) is 4.11. The van der Waals surface area contributed by atoms with Crippen LogP contribution in [-0.2, 0) is 4.79 Å². The minimum Gasteiger partial charge on any atom is -0.545 e. The molecule has 0 N–H and O–H groups in total. The number of non-ortho nitro benzene ring substituents is 1. The highest BCUT2D eigenvalue weighted by Gasteiger charge is 2.12. The molecule has 0 saturated carbocycles. The van der Waals surface area contributed by atoms with Crippen molar-refractivity contribution in [2.45, 2.75) is 6.92 Å². The Balaban J connectivity index is 2.39. The first kappa shape index (κ1) is 13.5. The number of benzene rings is 1. The van der Waals surface area contributed by atoms with E-state index in [1.54, 1.807) is 25.1 Å². The monoisotopic (exact) mass is 272 g/mol. The fraction of sp³-hybridized carbons (Fsp3) is 0.0714. The van der Waals surface area contributed by atoms with Gasteiger partial charge in [0.1, 0.15) is 11.5 Å². The third-order valence-electron chi connectivity index (χ3n) is 2.71. The van der Waals surface area contributed by atoms with Crippen LogP contribution >= 0.6 is 0 Å². The smallest absolute Gasteiger partial charge is 0.270 e. The molecule has 0 radical (unpaired) electrons. The van der Waals surface area contributed by atoms with Gasteiger partial charge in [0.05, 0.1) is 10.9 Å². The van der Waals surface area contributed by atoms with Crippen molar-refractivity contribution >= 4 is 17.7 Å². The van der Waals surface area contributed by atoms with Crippen molar-refractivity contribution in [3.63, 3.8) is 0 Å². The molecule has 20 heavy (non-hydrogen) atoms. The van der Waals surface area contributed by atoms with Gasteiger partial charge >= 0.3 is 0 Å². The van der Waals surface area contributed by atoms with Gasteiger partial charge < -0.3 is 14.3 Å². The fourth-order valence-electron chi connectivity index (χ4n) is 1.73. The molecular weight excluding hydrogens is 262 g/mol. The van der Waals surface area contributed by atoms with Gasteiger partial charge in [-0.05, 0) is 36.8 Å². The number of hydrogen-bond acceptors (Lipinski definition) is 5. The number of carbonyl (C=O) groups is 1. The lowest BCUT2D eigenvalue weighted by molar-refractivity contribution is -0.384. The summed E-state index contributed by atoms with van der Waals surface area (Å²) in [6, 6.07) is 7.67. The summed E-state index contributed by atoms with van der Waals surface area (Å²) in [5.41, 5.74) is 1.38. The van der Waals surface area contributed by atoms with E-state index in [1.807, 2.05) is 0 Å². The Kier molecular flexibility index (Phi) is 3.65. The topological polar surface area (TPSA) is 96.4 Å². The molecule has 0 aliphatic heterocycles. The number of nitro benzene ring substituents is 1. The Labute approximate surface area is 114 Å². The molecule has 2 aromatic rings. The highest BCUT2D eigenvalue weighted by atomic mass is 16.6. The third kappa shape index (κ3) is 2.92. The van der Waals surface area contributed by atoms with Gasteiger partial charge in [0.25, 0.3) is 5.69 Å². The van der Waals surface area contributed by atoms with Gasteiger partial charge in [-0.1, -0.05) is 6.07 Å².